The Morgan fingerprint density at radius 1 is 0.269 bits per heavy atom. The van der Waals surface area contributed by atoms with Gasteiger partial charge in [0, 0.05) is 25.7 Å². The highest BCUT2D eigenvalue weighted by Crippen LogP contribution is 2.45. The van der Waals surface area contributed by atoms with E-state index in [1.165, 1.54) is 64.2 Å². The summed E-state index contributed by atoms with van der Waals surface area (Å²) in [7, 11) is -10.0. The van der Waals surface area contributed by atoms with Crippen molar-refractivity contribution in [3.05, 3.63) is 182 Å². The molecule has 17 nitrogen and oxygen atoms in total. The normalized spacial score (nSPS) is 14.8. The molecule has 0 aliphatic carbocycles. The van der Waals surface area contributed by atoms with Crippen molar-refractivity contribution in [2.24, 2.45) is 0 Å². The van der Waals surface area contributed by atoms with Gasteiger partial charge in [0.15, 0.2) is 12.2 Å². The van der Waals surface area contributed by atoms with Crippen molar-refractivity contribution in [3.63, 3.8) is 0 Å². The van der Waals surface area contributed by atoms with Crippen LogP contribution >= 0.6 is 15.6 Å². The minimum absolute atomic E-state index is 0.0444. The van der Waals surface area contributed by atoms with E-state index in [9.17, 15) is 43.2 Å². The average molecular weight is 1550 g/mol. The van der Waals surface area contributed by atoms with E-state index >= 15 is 0 Å². The number of carbonyl (C=O) groups excluding carboxylic acids is 4. The monoisotopic (exact) mass is 1550 g/mol. The molecule has 0 aromatic heterocycles. The molecule has 0 bridgehead atoms. The standard InChI is InChI=1S/C89H144O17P2/c1-5-9-13-17-21-25-29-33-36-39-41-44-47-51-55-59-63-67-71-75-88(93)105-84(79-99-86(91)73-69-65-61-57-53-49-32-28-24-20-16-12-8-4)81-103-107(95,96)101-77-83(90)78-102-108(97,98)104-82-85(80-100-87(92)74-70-66-62-58-54-50-46-43-38-35-31-27-23-19-15-11-7-3)106-89(94)76-72-68-64-60-56-52-48-45-42-40-37-34-30-26-22-18-14-10-6-2/h9,13,21-23,25-28,32-38,41-42,44-46,50-52,55-56,58,62,64,68,83-85,90H,5-8,10-12,14-20,24,29-31,39-40,43,47-49,53-54,57,59-61,63,65-67,69-82H2,1-4H3,(H,95,96)(H,97,98)/b13-9-,25-21-,26-22-,27-23-,32-28-,36-33-,37-34-,38-35-,44-41-,45-42-,50-46-,55-51-,56-52-,62-58-,68-64-/t83-,84+,85+/m0/s1. The average Bonchev–Trinajstić information content (AvgIpc) is 0.907. The molecule has 0 saturated heterocycles. The lowest BCUT2D eigenvalue weighted by Crippen LogP contribution is -2.30. The molecule has 0 aromatic carbocycles. The number of phosphoric acid groups is 2. The van der Waals surface area contributed by atoms with Gasteiger partial charge in [-0.15, -0.1) is 0 Å². The Morgan fingerprint density at radius 2 is 0.509 bits per heavy atom. The SMILES string of the molecule is CC/C=C\C/C=C\C/C=C\C/C=C\C/C=C\CCCCCC(=O)O[C@H](COC(=O)CCCCCCC/C=C\CCCCCC)COP(=O)(O)OC[C@H](O)COP(=O)(O)OC[C@@H](COC(=O)CCC/C=C\C/C=C\C/C=C\C/C=C\CCCCC)OC(=O)CC/C=C\C/C=C\C/C=C\C/C=C\C/C=C\CCCCC. The first-order valence-corrected chi connectivity index (χ1v) is 44.0. The lowest BCUT2D eigenvalue weighted by Gasteiger charge is -2.21. The molecule has 0 aromatic rings. The van der Waals surface area contributed by atoms with Gasteiger partial charge in [0.2, 0.25) is 0 Å². The molecule has 5 atom stereocenters. The third-order valence-electron chi connectivity index (χ3n) is 16.3. The molecule has 0 fully saturated rings. The van der Waals surface area contributed by atoms with Crippen molar-refractivity contribution >= 4 is 39.5 Å². The largest absolute Gasteiger partial charge is 0.472 e. The fourth-order valence-electron chi connectivity index (χ4n) is 10.1. The second-order valence-electron chi connectivity index (χ2n) is 26.6. The maximum Gasteiger partial charge on any atom is 0.472 e. The number of aliphatic hydroxyl groups is 1. The van der Waals surface area contributed by atoms with Gasteiger partial charge in [-0.1, -0.05) is 281 Å². The van der Waals surface area contributed by atoms with E-state index in [4.69, 9.17) is 37.0 Å². The summed E-state index contributed by atoms with van der Waals surface area (Å²) < 4.78 is 68.5. The number of carbonyl (C=O) groups is 4. The number of aliphatic hydroxyl groups excluding tert-OH is 1. The zero-order valence-electron chi connectivity index (χ0n) is 66.9. The summed E-state index contributed by atoms with van der Waals surface area (Å²) in [5.41, 5.74) is 0. The number of ether oxygens (including phenoxy) is 4. The van der Waals surface area contributed by atoms with E-state index in [2.05, 4.69) is 180 Å². The topological polar surface area (TPSA) is 237 Å². The second kappa shape index (κ2) is 79.3. The van der Waals surface area contributed by atoms with Crippen molar-refractivity contribution in [1.29, 1.82) is 0 Å². The summed E-state index contributed by atoms with van der Waals surface area (Å²) in [4.78, 5) is 73.1. The first-order valence-electron chi connectivity index (χ1n) is 41.0. The fraction of sp³-hybridized carbons (Fsp3) is 0.618. The molecule has 0 saturated carbocycles. The lowest BCUT2D eigenvalue weighted by molar-refractivity contribution is -0.161. The van der Waals surface area contributed by atoms with E-state index in [0.717, 1.165) is 141 Å². The van der Waals surface area contributed by atoms with Crippen LogP contribution in [0.3, 0.4) is 0 Å². The van der Waals surface area contributed by atoms with E-state index < -0.39 is 97.5 Å². The van der Waals surface area contributed by atoms with Crippen molar-refractivity contribution in [3.8, 4) is 0 Å². The lowest BCUT2D eigenvalue weighted by atomic mass is 10.1. The van der Waals surface area contributed by atoms with E-state index in [0.29, 0.717) is 38.5 Å². The smallest absolute Gasteiger partial charge is 0.462 e. The number of esters is 4. The number of allylic oxidation sites excluding steroid dienone is 30. The van der Waals surface area contributed by atoms with E-state index in [1.54, 1.807) is 0 Å². The minimum atomic E-state index is -5.02. The van der Waals surface area contributed by atoms with E-state index in [-0.39, 0.29) is 25.7 Å². The van der Waals surface area contributed by atoms with Gasteiger partial charge in [0.25, 0.3) is 0 Å². The highest BCUT2D eigenvalue weighted by atomic mass is 31.2. The molecular weight excluding hydrogens is 1400 g/mol. The molecule has 0 aliphatic rings. The summed E-state index contributed by atoms with van der Waals surface area (Å²) >= 11 is 0. The maximum absolute atomic E-state index is 13.1. The zero-order chi connectivity index (χ0) is 78.9. The van der Waals surface area contributed by atoms with Crippen LogP contribution in [0.5, 0.6) is 0 Å². The number of unbranched alkanes of at least 4 members (excludes halogenated alkanes) is 19. The second-order valence-corrected chi connectivity index (χ2v) is 29.5. The van der Waals surface area contributed by atoms with Crippen LogP contribution in [-0.4, -0.2) is 96.7 Å². The molecule has 612 valence electrons. The number of phosphoric ester groups is 2. The van der Waals surface area contributed by atoms with Gasteiger partial charge in [-0.3, -0.25) is 37.3 Å². The minimum Gasteiger partial charge on any atom is -0.462 e. The molecule has 2 unspecified atom stereocenters. The van der Waals surface area contributed by atoms with Crippen LogP contribution in [0, 0.1) is 0 Å². The van der Waals surface area contributed by atoms with Gasteiger partial charge < -0.3 is 33.8 Å². The van der Waals surface area contributed by atoms with Crippen LogP contribution in [0.4, 0.5) is 0 Å². The zero-order valence-corrected chi connectivity index (χ0v) is 68.7. The van der Waals surface area contributed by atoms with Crippen LogP contribution < -0.4 is 0 Å². The first kappa shape index (κ1) is 102. The summed E-state index contributed by atoms with van der Waals surface area (Å²) in [5.74, 6) is -2.40. The van der Waals surface area contributed by atoms with Crippen molar-refractivity contribution in [2.75, 3.05) is 39.6 Å². The Balaban J connectivity index is 5.55. The van der Waals surface area contributed by atoms with Crippen molar-refractivity contribution < 1.29 is 80.2 Å². The van der Waals surface area contributed by atoms with Gasteiger partial charge in [0.05, 0.1) is 26.4 Å². The summed E-state index contributed by atoms with van der Waals surface area (Å²) in [6, 6.07) is 0. The number of hydrogen-bond acceptors (Lipinski definition) is 15. The van der Waals surface area contributed by atoms with E-state index in [1.807, 2.05) is 30.4 Å². The Hall–Kier alpha value is -5.84. The fourth-order valence-corrected chi connectivity index (χ4v) is 11.7. The van der Waals surface area contributed by atoms with Crippen LogP contribution in [0.1, 0.15) is 297 Å². The summed E-state index contributed by atoms with van der Waals surface area (Å²) in [6.45, 7) is 4.48. The molecule has 108 heavy (non-hydrogen) atoms. The van der Waals surface area contributed by atoms with Gasteiger partial charge in [-0.25, -0.2) is 9.13 Å². The quantitative estimate of drug-likeness (QED) is 0.0169. The van der Waals surface area contributed by atoms with Gasteiger partial charge >= 0.3 is 39.5 Å². The Morgan fingerprint density at radius 3 is 0.870 bits per heavy atom. The first-order chi connectivity index (χ1) is 52.7. The molecular formula is C89H144O17P2. The third kappa shape index (κ3) is 78.3. The van der Waals surface area contributed by atoms with Gasteiger partial charge in [-0.2, -0.15) is 0 Å². The third-order valence-corrected chi connectivity index (χ3v) is 18.2. The van der Waals surface area contributed by atoms with Crippen LogP contribution in [-0.2, 0) is 65.4 Å². The summed E-state index contributed by atoms with van der Waals surface area (Å²) in [6.07, 6.45) is 96.0. The van der Waals surface area contributed by atoms with Crippen LogP contribution in [0.15, 0.2) is 182 Å². The highest BCUT2D eigenvalue weighted by Gasteiger charge is 2.30. The predicted octanol–water partition coefficient (Wildman–Crippen LogP) is 24.3. The number of hydrogen-bond donors (Lipinski definition) is 3. The van der Waals surface area contributed by atoms with Crippen molar-refractivity contribution in [1.82, 2.24) is 0 Å². The summed E-state index contributed by atoms with van der Waals surface area (Å²) in [5, 5.41) is 10.7. The molecule has 0 amide bonds. The molecule has 0 spiro atoms. The predicted molar refractivity (Wildman–Crippen MR) is 445 cm³/mol. The Bertz CT molecular complexity index is 2760. The molecule has 0 aliphatic heterocycles. The molecule has 0 heterocycles. The van der Waals surface area contributed by atoms with Crippen LogP contribution in [0.25, 0.3) is 0 Å². The molecule has 0 radical (unpaired) electrons. The molecule has 19 heteroatoms. The molecule has 0 rings (SSSR count). The molecule has 3 N–H and O–H groups in total. The van der Waals surface area contributed by atoms with Gasteiger partial charge in [0.1, 0.15) is 19.3 Å². The van der Waals surface area contributed by atoms with Crippen molar-refractivity contribution in [2.45, 2.75) is 316 Å². The maximum atomic E-state index is 13.1. The highest BCUT2D eigenvalue weighted by molar-refractivity contribution is 7.47. The van der Waals surface area contributed by atoms with Crippen LogP contribution in [0.2, 0.25) is 0 Å². The van der Waals surface area contributed by atoms with Gasteiger partial charge in [-0.05, 0) is 173 Å². The Labute approximate surface area is 654 Å². The Kier molecular flexibility index (Phi) is 75.0. The number of rotatable bonds is 75.